The Bertz CT molecular complexity index is 1350. The summed E-state index contributed by atoms with van der Waals surface area (Å²) in [6, 6.07) is 20.7. The van der Waals surface area contributed by atoms with Crippen molar-refractivity contribution in [3.8, 4) is 11.5 Å². The van der Waals surface area contributed by atoms with Crippen molar-refractivity contribution in [2.75, 3.05) is 31.6 Å². The minimum atomic E-state index is -4.17. The number of benzene rings is 3. The number of carbonyl (C=O) groups excluding carboxylic acids is 2. The average molecular weight is 540 g/mol. The molecule has 0 saturated carbocycles. The predicted octanol–water partition coefficient (Wildman–Crippen LogP) is 3.45. The van der Waals surface area contributed by atoms with Gasteiger partial charge in [-0.2, -0.15) is 0 Å². The number of rotatable bonds is 12. The average Bonchev–Trinajstić information content (AvgIpc) is 2.94. The molecular weight excluding hydrogens is 506 g/mol. The molecule has 1 N–H and O–H groups in total. The molecule has 1 atom stereocenters. The van der Waals surface area contributed by atoms with Gasteiger partial charge in [0.2, 0.25) is 11.8 Å². The van der Waals surface area contributed by atoms with E-state index in [2.05, 4.69) is 5.32 Å². The maximum Gasteiger partial charge on any atom is 0.264 e. The van der Waals surface area contributed by atoms with E-state index in [-0.39, 0.29) is 28.8 Å². The van der Waals surface area contributed by atoms with Crippen molar-refractivity contribution in [3.05, 3.63) is 84.4 Å². The van der Waals surface area contributed by atoms with Crippen molar-refractivity contribution in [1.82, 2.24) is 10.2 Å². The number of anilines is 1. The van der Waals surface area contributed by atoms with Crippen LogP contribution in [0, 0.1) is 0 Å². The number of likely N-dealkylation sites (N-methyl/N-ethyl adjacent to an activating group) is 1. The van der Waals surface area contributed by atoms with Crippen LogP contribution in [0.25, 0.3) is 0 Å². The fourth-order valence-corrected chi connectivity index (χ4v) is 5.39. The molecule has 2 amide bonds. The number of hydrogen-bond acceptors (Lipinski definition) is 6. The van der Waals surface area contributed by atoms with E-state index in [0.29, 0.717) is 12.3 Å². The second-order valence-electron chi connectivity index (χ2n) is 8.44. The van der Waals surface area contributed by atoms with E-state index in [1.54, 1.807) is 81.6 Å². The zero-order chi connectivity index (χ0) is 27.7. The maximum absolute atomic E-state index is 13.9. The van der Waals surface area contributed by atoms with Crippen LogP contribution >= 0.6 is 0 Å². The monoisotopic (exact) mass is 539 g/mol. The zero-order valence-corrected chi connectivity index (χ0v) is 22.8. The van der Waals surface area contributed by atoms with E-state index in [4.69, 9.17) is 9.47 Å². The first-order chi connectivity index (χ1) is 18.2. The predicted molar refractivity (Wildman–Crippen MR) is 146 cm³/mol. The van der Waals surface area contributed by atoms with Crippen molar-refractivity contribution in [3.63, 3.8) is 0 Å². The summed E-state index contributed by atoms with van der Waals surface area (Å²) in [5.41, 5.74) is 0.933. The summed E-state index contributed by atoms with van der Waals surface area (Å²) < 4.78 is 39.4. The Labute approximate surface area is 224 Å². The van der Waals surface area contributed by atoms with E-state index in [1.807, 2.05) is 6.07 Å². The number of nitrogens with one attached hydrogen (secondary N) is 1. The van der Waals surface area contributed by atoms with Gasteiger partial charge in [0.15, 0.2) is 0 Å². The first kappa shape index (κ1) is 28.5. The number of nitrogens with zero attached hydrogens (tertiary/aromatic N) is 2. The Kier molecular flexibility index (Phi) is 9.72. The molecule has 3 aromatic rings. The molecule has 0 aromatic heterocycles. The standard InChI is InChI=1S/C28H33N3O6S/c1-5-29-28(33)21(2)30(19-22-12-11-13-23(18-22)36-3)27(32)20-31(25-16-9-10-17-26(25)37-4)38(34,35)24-14-7-6-8-15-24/h6-18,21H,5,19-20H2,1-4H3,(H,29,33)/t21-/m0/s1. The quantitative estimate of drug-likeness (QED) is 0.378. The Balaban J connectivity index is 2.06. The van der Waals surface area contributed by atoms with Gasteiger partial charge in [0.25, 0.3) is 10.0 Å². The molecule has 0 aliphatic rings. The Morgan fingerprint density at radius 2 is 1.61 bits per heavy atom. The summed E-state index contributed by atoms with van der Waals surface area (Å²) in [6.07, 6.45) is 0. The summed E-state index contributed by atoms with van der Waals surface area (Å²) >= 11 is 0. The summed E-state index contributed by atoms with van der Waals surface area (Å²) in [6.45, 7) is 3.31. The summed E-state index contributed by atoms with van der Waals surface area (Å²) in [7, 11) is -1.20. The van der Waals surface area contributed by atoms with E-state index in [1.165, 1.54) is 24.1 Å². The van der Waals surface area contributed by atoms with E-state index >= 15 is 0 Å². The van der Waals surface area contributed by atoms with Gasteiger partial charge in [-0.05, 0) is 55.8 Å². The van der Waals surface area contributed by atoms with Gasteiger partial charge in [-0.3, -0.25) is 13.9 Å². The molecule has 10 heteroatoms. The number of carbonyl (C=O) groups is 2. The molecule has 0 bridgehead atoms. The van der Waals surface area contributed by atoms with Gasteiger partial charge in [0.05, 0.1) is 24.8 Å². The highest BCUT2D eigenvalue weighted by Gasteiger charge is 2.33. The maximum atomic E-state index is 13.9. The lowest BCUT2D eigenvalue weighted by Gasteiger charge is -2.32. The normalized spacial score (nSPS) is 11.8. The SMILES string of the molecule is CCNC(=O)[C@H](C)N(Cc1cccc(OC)c1)C(=O)CN(c1ccccc1OC)S(=O)(=O)c1ccccc1. The fourth-order valence-electron chi connectivity index (χ4n) is 3.94. The highest BCUT2D eigenvalue weighted by Crippen LogP contribution is 2.32. The number of methoxy groups -OCH3 is 2. The van der Waals surface area contributed by atoms with E-state index in [9.17, 15) is 18.0 Å². The van der Waals surface area contributed by atoms with Crippen LogP contribution in [0.5, 0.6) is 11.5 Å². The highest BCUT2D eigenvalue weighted by atomic mass is 32.2. The van der Waals surface area contributed by atoms with Gasteiger partial charge in [-0.15, -0.1) is 0 Å². The summed E-state index contributed by atoms with van der Waals surface area (Å²) in [5, 5.41) is 2.74. The van der Waals surface area contributed by atoms with Crippen molar-refractivity contribution < 1.29 is 27.5 Å². The third kappa shape index (κ3) is 6.63. The second kappa shape index (κ2) is 13.0. The zero-order valence-electron chi connectivity index (χ0n) is 22.0. The van der Waals surface area contributed by atoms with Gasteiger partial charge < -0.3 is 19.7 Å². The van der Waals surface area contributed by atoms with Gasteiger partial charge in [0, 0.05) is 13.1 Å². The van der Waals surface area contributed by atoms with Gasteiger partial charge in [0.1, 0.15) is 24.1 Å². The molecule has 0 aliphatic carbocycles. The number of ether oxygens (including phenoxy) is 2. The molecule has 0 heterocycles. The molecule has 0 aliphatic heterocycles. The molecule has 0 spiro atoms. The molecule has 3 aromatic carbocycles. The molecule has 0 saturated heterocycles. The molecule has 0 fully saturated rings. The molecular formula is C28H33N3O6S. The Morgan fingerprint density at radius 1 is 0.921 bits per heavy atom. The lowest BCUT2D eigenvalue weighted by atomic mass is 10.1. The van der Waals surface area contributed by atoms with Crippen LogP contribution in [-0.4, -0.2) is 58.5 Å². The fraction of sp³-hybridized carbons (Fsp3) is 0.286. The van der Waals surface area contributed by atoms with Crippen LogP contribution in [0.15, 0.2) is 83.8 Å². The summed E-state index contributed by atoms with van der Waals surface area (Å²) in [4.78, 5) is 28.1. The first-order valence-electron chi connectivity index (χ1n) is 12.1. The lowest BCUT2D eigenvalue weighted by Crippen LogP contribution is -2.51. The third-order valence-electron chi connectivity index (χ3n) is 5.97. The van der Waals surface area contributed by atoms with Crippen LogP contribution in [0.1, 0.15) is 19.4 Å². The van der Waals surface area contributed by atoms with Crippen molar-refractivity contribution in [2.24, 2.45) is 0 Å². The first-order valence-corrected chi connectivity index (χ1v) is 13.6. The van der Waals surface area contributed by atoms with Crippen LogP contribution in [0.3, 0.4) is 0 Å². The molecule has 202 valence electrons. The summed E-state index contributed by atoms with van der Waals surface area (Å²) in [5.74, 6) is -0.0192. The van der Waals surface area contributed by atoms with Gasteiger partial charge in [-0.25, -0.2) is 8.42 Å². The smallest absolute Gasteiger partial charge is 0.264 e. The lowest BCUT2D eigenvalue weighted by molar-refractivity contribution is -0.139. The number of hydrogen-bond donors (Lipinski definition) is 1. The van der Waals surface area contributed by atoms with Crippen molar-refractivity contribution in [2.45, 2.75) is 31.3 Å². The van der Waals surface area contributed by atoms with E-state index < -0.39 is 28.5 Å². The van der Waals surface area contributed by atoms with E-state index in [0.717, 1.165) is 9.87 Å². The topological polar surface area (TPSA) is 105 Å². The van der Waals surface area contributed by atoms with Crippen LogP contribution < -0.4 is 19.1 Å². The largest absolute Gasteiger partial charge is 0.497 e. The number of sulfonamides is 1. The van der Waals surface area contributed by atoms with Gasteiger partial charge >= 0.3 is 0 Å². The Hall–Kier alpha value is -4.05. The highest BCUT2D eigenvalue weighted by molar-refractivity contribution is 7.92. The third-order valence-corrected chi connectivity index (χ3v) is 7.74. The minimum absolute atomic E-state index is 0.0230. The molecule has 3 rings (SSSR count). The van der Waals surface area contributed by atoms with Crippen LogP contribution in [0.2, 0.25) is 0 Å². The number of amides is 2. The van der Waals surface area contributed by atoms with Crippen LogP contribution in [-0.2, 0) is 26.2 Å². The van der Waals surface area contributed by atoms with Crippen molar-refractivity contribution >= 4 is 27.5 Å². The molecule has 38 heavy (non-hydrogen) atoms. The molecule has 0 unspecified atom stereocenters. The Morgan fingerprint density at radius 3 is 2.26 bits per heavy atom. The van der Waals surface area contributed by atoms with Crippen LogP contribution in [0.4, 0.5) is 5.69 Å². The van der Waals surface area contributed by atoms with Crippen molar-refractivity contribution in [1.29, 1.82) is 0 Å². The number of para-hydroxylation sites is 2. The minimum Gasteiger partial charge on any atom is -0.497 e. The second-order valence-corrected chi connectivity index (χ2v) is 10.3. The van der Waals surface area contributed by atoms with Gasteiger partial charge in [-0.1, -0.05) is 42.5 Å². The molecule has 9 nitrogen and oxygen atoms in total. The molecule has 0 radical (unpaired) electrons.